The summed E-state index contributed by atoms with van der Waals surface area (Å²) in [6.07, 6.45) is 6.93. The van der Waals surface area contributed by atoms with Gasteiger partial charge in [-0.2, -0.15) is 5.26 Å². The van der Waals surface area contributed by atoms with E-state index in [-0.39, 0.29) is 5.92 Å². The fourth-order valence-electron chi connectivity index (χ4n) is 3.64. The summed E-state index contributed by atoms with van der Waals surface area (Å²) < 4.78 is 25.6. The first-order valence-electron chi connectivity index (χ1n) is 8.15. The van der Waals surface area contributed by atoms with Gasteiger partial charge in [-0.05, 0) is 36.5 Å². The molecule has 0 radical (unpaired) electrons. The van der Waals surface area contributed by atoms with Crippen molar-refractivity contribution in [3.63, 3.8) is 0 Å². The van der Waals surface area contributed by atoms with E-state index in [0.717, 1.165) is 34.8 Å². The van der Waals surface area contributed by atoms with Crippen LogP contribution in [-0.2, 0) is 10.0 Å². The first-order chi connectivity index (χ1) is 12.1. The summed E-state index contributed by atoms with van der Waals surface area (Å²) in [4.78, 5) is 11.9. The Morgan fingerprint density at radius 2 is 2.08 bits per heavy atom. The van der Waals surface area contributed by atoms with Crippen LogP contribution in [0.4, 0.5) is 0 Å². The number of nitrogens with one attached hydrogen (secondary N) is 1. The summed E-state index contributed by atoms with van der Waals surface area (Å²) in [5.41, 5.74) is 2.88. The van der Waals surface area contributed by atoms with Crippen molar-refractivity contribution < 1.29 is 8.42 Å². The van der Waals surface area contributed by atoms with Gasteiger partial charge in [0.15, 0.2) is 11.4 Å². The summed E-state index contributed by atoms with van der Waals surface area (Å²) in [5.74, 6) is -0.182. The standard InChI is InChI=1S/C17H17N5O2S/c18-5-10-25(23,24)22-8-3-12(4-9-22)13-1-6-19-15-11-21-17-14(16(13)15)2-7-20-17/h1-2,6-7,11-12,19H,3-4,8-10H2. The van der Waals surface area contributed by atoms with E-state index in [0.29, 0.717) is 13.1 Å². The van der Waals surface area contributed by atoms with Crippen LogP contribution in [0.3, 0.4) is 0 Å². The number of rotatable bonds is 3. The minimum atomic E-state index is -3.46. The third-order valence-corrected chi connectivity index (χ3v) is 6.50. The second kappa shape index (κ2) is 6.10. The Kier molecular flexibility index (Phi) is 3.90. The number of aromatic amines is 1. The van der Waals surface area contributed by atoms with Gasteiger partial charge in [0.05, 0.1) is 17.8 Å². The molecule has 128 valence electrons. The van der Waals surface area contributed by atoms with Crippen molar-refractivity contribution in [1.29, 1.82) is 5.26 Å². The average Bonchev–Trinajstić information content (AvgIpc) is 3.10. The van der Waals surface area contributed by atoms with Crippen LogP contribution in [0, 0.1) is 11.3 Å². The quantitative estimate of drug-likeness (QED) is 0.775. The third kappa shape index (κ3) is 2.75. The van der Waals surface area contributed by atoms with Crippen LogP contribution in [-0.4, -0.2) is 46.5 Å². The molecule has 0 spiro atoms. The van der Waals surface area contributed by atoms with Gasteiger partial charge in [-0.1, -0.05) is 0 Å². The van der Waals surface area contributed by atoms with Gasteiger partial charge >= 0.3 is 0 Å². The first-order valence-corrected chi connectivity index (χ1v) is 9.76. The van der Waals surface area contributed by atoms with Crippen LogP contribution in [0.25, 0.3) is 21.9 Å². The van der Waals surface area contributed by atoms with Crippen molar-refractivity contribution in [2.24, 2.45) is 0 Å². The molecule has 4 heterocycles. The lowest BCUT2D eigenvalue weighted by Gasteiger charge is -2.31. The van der Waals surface area contributed by atoms with Crippen LogP contribution in [0.2, 0.25) is 0 Å². The van der Waals surface area contributed by atoms with Crippen LogP contribution < -0.4 is 0 Å². The van der Waals surface area contributed by atoms with Crippen LogP contribution in [0.1, 0.15) is 24.3 Å². The number of pyridine rings is 2. The monoisotopic (exact) mass is 355 g/mol. The lowest BCUT2D eigenvalue weighted by Crippen LogP contribution is -2.39. The number of aromatic nitrogens is 3. The molecule has 3 aromatic rings. The van der Waals surface area contributed by atoms with Crippen LogP contribution >= 0.6 is 0 Å². The summed E-state index contributed by atoms with van der Waals surface area (Å²) in [6, 6.07) is 5.78. The fourth-order valence-corrected chi connectivity index (χ4v) is 4.76. The molecule has 0 aliphatic carbocycles. The van der Waals surface area contributed by atoms with Gasteiger partial charge in [-0.25, -0.2) is 22.7 Å². The third-order valence-electron chi connectivity index (χ3n) is 4.86. The SMILES string of the molecule is N#CCS(=O)(=O)N1CCC(c2cc[nH]c3cnc4nccc4c23)CC1. The largest absolute Gasteiger partial charge is 0.360 e. The van der Waals surface area contributed by atoms with Gasteiger partial charge < -0.3 is 4.98 Å². The van der Waals surface area contributed by atoms with Gasteiger partial charge in [0.2, 0.25) is 10.0 Å². The van der Waals surface area contributed by atoms with Gasteiger partial charge in [0.25, 0.3) is 0 Å². The van der Waals surface area contributed by atoms with Crippen molar-refractivity contribution >= 4 is 32.0 Å². The maximum absolute atomic E-state index is 12.1. The minimum Gasteiger partial charge on any atom is -0.360 e. The zero-order valence-corrected chi connectivity index (χ0v) is 14.3. The van der Waals surface area contributed by atoms with E-state index >= 15 is 0 Å². The molecule has 25 heavy (non-hydrogen) atoms. The molecule has 0 atom stereocenters. The molecule has 4 rings (SSSR count). The summed E-state index contributed by atoms with van der Waals surface area (Å²) >= 11 is 0. The zero-order valence-electron chi connectivity index (χ0n) is 13.5. The second-order valence-electron chi connectivity index (χ2n) is 6.25. The molecule has 7 nitrogen and oxygen atoms in total. The number of piperidine rings is 1. The zero-order chi connectivity index (χ0) is 17.4. The Bertz CT molecular complexity index is 1080. The Hall–Kier alpha value is -2.50. The van der Waals surface area contributed by atoms with Gasteiger partial charge in [0.1, 0.15) is 0 Å². The first kappa shape index (κ1) is 16.0. The molecule has 1 aliphatic rings. The molecule has 3 aromatic heterocycles. The molecule has 1 fully saturated rings. The number of H-pyrrole nitrogens is 1. The molecule has 0 bridgehead atoms. The lowest BCUT2D eigenvalue weighted by atomic mass is 9.88. The normalized spacial score (nSPS) is 17.1. The molecule has 1 aliphatic heterocycles. The van der Waals surface area contributed by atoms with Gasteiger partial charge in [-0.3, -0.25) is 0 Å². The van der Waals surface area contributed by atoms with E-state index in [1.54, 1.807) is 18.5 Å². The van der Waals surface area contributed by atoms with E-state index in [2.05, 4.69) is 21.0 Å². The number of hydrogen-bond donors (Lipinski definition) is 1. The summed E-state index contributed by atoms with van der Waals surface area (Å²) in [5, 5.41) is 10.8. The number of nitriles is 1. The maximum Gasteiger partial charge on any atom is 0.227 e. The highest BCUT2D eigenvalue weighted by molar-refractivity contribution is 7.89. The van der Waals surface area contributed by atoms with Crippen molar-refractivity contribution in [2.75, 3.05) is 18.8 Å². The van der Waals surface area contributed by atoms with Gasteiger partial charge in [0, 0.05) is 36.3 Å². The predicted molar refractivity (Wildman–Crippen MR) is 94.3 cm³/mol. The molecular weight excluding hydrogens is 338 g/mol. The smallest absolute Gasteiger partial charge is 0.227 e. The molecule has 0 saturated carbocycles. The van der Waals surface area contributed by atoms with E-state index < -0.39 is 15.8 Å². The van der Waals surface area contributed by atoms with E-state index in [1.807, 2.05) is 12.3 Å². The summed E-state index contributed by atoms with van der Waals surface area (Å²) in [7, 11) is -3.46. The Labute approximate surface area is 145 Å². The second-order valence-corrected chi connectivity index (χ2v) is 8.22. The topological polar surface area (TPSA) is 103 Å². The molecule has 0 unspecified atom stereocenters. The number of hydrogen-bond acceptors (Lipinski definition) is 5. The highest BCUT2D eigenvalue weighted by Gasteiger charge is 2.29. The number of fused-ring (bicyclic) bond motifs is 3. The highest BCUT2D eigenvalue weighted by Crippen LogP contribution is 2.35. The Morgan fingerprint density at radius 1 is 1.28 bits per heavy atom. The minimum absolute atomic E-state index is 0.270. The van der Waals surface area contributed by atoms with E-state index in [1.165, 1.54) is 9.87 Å². The fraction of sp³-hybridized carbons (Fsp3) is 0.353. The van der Waals surface area contributed by atoms with Crippen molar-refractivity contribution in [3.8, 4) is 6.07 Å². The molecule has 1 N–H and O–H groups in total. The predicted octanol–water partition coefficient (Wildman–Crippen LogP) is 2.14. The van der Waals surface area contributed by atoms with Crippen molar-refractivity contribution in [2.45, 2.75) is 18.8 Å². The Morgan fingerprint density at radius 3 is 2.84 bits per heavy atom. The summed E-state index contributed by atoms with van der Waals surface area (Å²) in [6.45, 7) is 0.893. The molecule has 0 amide bonds. The molecule has 8 heteroatoms. The van der Waals surface area contributed by atoms with Crippen LogP contribution in [0.5, 0.6) is 0 Å². The number of sulfonamides is 1. The Balaban J connectivity index is 1.68. The average molecular weight is 355 g/mol. The van der Waals surface area contributed by atoms with Crippen molar-refractivity contribution in [1.82, 2.24) is 19.3 Å². The van der Waals surface area contributed by atoms with E-state index in [9.17, 15) is 8.42 Å². The van der Waals surface area contributed by atoms with Crippen LogP contribution in [0.15, 0.2) is 30.7 Å². The number of nitrogens with zero attached hydrogens (tertiary/aromatic N) is 4. The molecule has 0 aromatic carbocycles. The maximum atomic E-state index is 12.1. The van der Waals surface area contributed by atoms with Gasteiger partial charge in [-0.15, -0.1) is 0 Å². The van der Waals surface area contributed by atoms with Crippen molar-refractivity contribution in [3.05, 3.63) is 36.3 Å². The van der Waals surface area contributed by atoms with E-state index in [4.69, 9.17) is 5.26 Å². The molecular formula is C17H17N5O2S. The lowest BCUT2D eigenvalue weighted by molar-refractivity contribution is 0.321. The highest BCUT2D eigenvalue weighted by atomic mass is 32.2. The molecule has 1 saturated heterocycles.